The molecule has 1 aromatic rings. The SMILES string of the molecule is CSc1c([N+](=O)[O-])sc(=O)n1C. The van der Waals surface area contributed by atoms with Gasteiger partial charge in [0.2, 0.25) is 0 Å². The van der Waals surface area contributed by atoms with E-state index < -0.39 is 4.92 Å². The Kier molecular flexibility index (Phi) is 2.53. The van der Waals surface area contributed by atoms with E-state index in [2.05, 4.69) is 0 Å². The molecule has 0 spiro atoms. The first-order chi connectivity index (χ1) is 5.57. The maximum atomic E-state index is 11.0. The molecule has 66 valence electrons. The third kappa shape index (κ3) is 1.37. The van der Waals surface area contributed by atoms with Gasteiger partial charge in [0.15, 0.2) is 5.03 Å². The minimum Gasteiger partial charge on any atom is -0.291 e. The summed E-state index contributed by atoms with van der Waals surface area (Å²) in [6.45, 7) is 0. The van der Waals surface area contributed by atoms with Crippen LogP contribution < -0.4 is 4.87 Å². The van der Waals surface area contributed by atoms with Crippen molar-refractivity contribution < 1.29 is 4.92 Å². The van der Waals surface area contributed by atoms with E-state index in [0.29, 0.717) is 16.4 Å². The van der Waals surface area contributed by atoms with Crippen molar-refractivity contribution in [3.63, 3.8) is 0 Å². The summed E-state index contributed by atoms with van der Waals surface area (Å²) in [5.41, 5.74) is 0. The van der Waals surface area contributed by atoms with Gasteiger partial charge in [-0.3, -0.25) is 19.5 Å². The molecule has 5 nitrogen and oxygen atoms in total. The molecule has 7 heteroatoms. The smallest absolute Gasteiger partial charge is 0.291 e. The average Bonchev–Trinajstić information content (AvgIpc) is 2.29. The largest absolute Gasteiger partial charge is 0.359 e. The van der Waals surface area contributed by atoms with Crippen LogP contribution in [-0.2, 0) is 7.05 Å². The highest BCUT2D eigenvalue weighted by Crippen LogP contribution is 2.28. The lowest BCUT2D eigenvalue weighted by Crippen LogP contribution is -2.07. The maximum Gasteiger partial charge on any atom is 0.359 e. The second-order valence-corrected chi connectivity index (χ2v) is 3.73. The predicted molar refractivity (Wildman–Crippen MR) is 48.0 cm³/mol. The fourth-order valence-corrected chi connectivity index (χ4v) is 2.49. The summed E-state index contributed by atoms with van der Waals surface area (Å²) in [6.07, 6.45) is 1.70. The molecular formula is C5H6N2O3S2. The normalized spacial score (nSPS) is 10.2. The minimum absolute atomic E-state index is 0.0741. The van der Waals surface area contributed by atoms with Gasteiger partial charge in [0, 0.05) is 18.4 Å². The molecule has 0 bridgehead atoms. The van der Waals surface area contributed by atoms with Gasteiger partial charge in [0.25, 0.3) is 0 Å². The van der Waals surface area contributed by atoms with Crippen molar-refractivity contribution in [3.05, 3.63) is 19.8 Å². The molecule has 0 aliphatic heterocycles. The van der Waals surface area contributed by atoms with Gasteiger partial charge >= 0.3 is 9.87 Å². The van der Waals surface area contributed by atoms with Crippen molar-refractivity contribution >= 4 is 28.1 Å². The summed E-state index contributed by atoms with van der Waals surface area (Å²) in [5, 5.41) is 10.7. The van der Waals surface area contributed by atoms with Crippen LogP contribution in [0.25, 0.3) is 0 Å². The van der Waals surface area contributed by atoms with Crippen molar-refractivity contribution in [1.82, 2.24) is 4.57 Å². The fourth-order valence-electron chi connectivity index (χ4n) is 0.761. The molecule has 0 saturated carbocycles. The van der Waals surface area contributed by atoms with Crippen LogP contribution in [0, 0.1) is 10.1 Å². The number of hydrogen-bond acceptors (Lipinski definition) is 5. The summed E-state index contributed by atoms with van der Waals surface area (Å²) in [5.74, 6) is 0. The van der Waals surface area contributed by atoms with E-state index in [1.54, 1.807) is 6.26 Å². The molecule has 1 heterocycles. The van der Waals surface area contributed by atoms with E-state index in [1.807, 2.05) is 0 Å². The molecule has 0 unspecified atom stereocenters. The third-order valence-corrected chi connectivity index (χ3v) is 3.27. The first-order valence-corrected chi connectivity index (χ1v) is 5.00. The summed E-state index contributed by atoms with van der Waals surface area (Å²) in [4.78, 5) is 20.6. The van der Waals surface area contributed by atoms with Gasteiger partial charge in [0.05, 0.1) is 4.92 Å². The Bertz CT molecular complexity index is 367. The van der Waals surface area contributed by atoms with Gasteiger partial charge in [-0.2, -0.15) is 0 Å². The Balaban J connectivity index is 3.39. The van der Waals surface area contributed by atoms with E-state index in [0.717, 1.165) is 0 Å². The molecule has 1 aromatic heterocycles. The predicted octanol–water partition coefficient (Wildman–Crippen LogP) is 1.08. The van der Waals surface area contributed by atoms with Gasteiger partial charge in [-0.25, -0.2) is 0 Å². The van der Waals surface area contributed by atoms with Crippen LogP contribution in [0.5, 0.6) is 0 Å². The molecule has 0 aliphatic rings. The zero-order valence-electron chi connectivity index (χ0n) is 6.44. The number of nitrogens with zero attached hydrogens (tertiary/aromatic N) is 2. The highest BCUT2D eigenvalue weighted by molar-refractivity contribution is 7.98. The second kappa shape index (κ2) is 3.28. The van der Waals surface area contributed by atoms with Crippen molar-refractivity contribution in [3.8, 4) is 0 Å². The van der Waals surface area contributed by atoms with Crippen LogP contribution >= 0.6 is 23.1 Å². The molecule has 0 aliphatic carbocycles. The topological polar surface area (TPSA) is 65.1 Å². The number of thioether (sulfide) groups is 1. The lowest BCUT2D eigenvalue weighted by Gasteiger charge is -1.93. The van der Waals surface area contributed by atoms with Crippen molar-refractivity contribution in [1.29, 1.82) is 0 Å². The fraction of sp³-hybridized carbons (Fsp3) is 0.400. The summed E-state index contributed by atoms with van der Waals surface area (Å²) in [7, 11) is 1.53. The molecule has 1 rings (SSSR count). The van der Waals surface area contributed by atoms with Gasteiger partial charge in [-0.05, 0) is 6.26 Å². The zero-order chi connectivity index (χ0) is 9.30. The van der Waals surface area contributed by atoms with Crippen molar-refractivity contribution in [2.75, 3.05) is 6.26 Å². The third-order valence-electron chi connectivity index (χ3n) is 1.30. The Labute approximate surface area is 76.2 Å². The first-order valence-electron chi connectivity index (χ1n) is 2.96. The van der Waals surface area contributed by atoms with Crippen LogP contribution in [0.15, 0.2) is 9.82 Å². The zero-order valence-corrected chi connectivity index (χ0v) is 8.07. The highest BCUT2D eigenvalue weighted by Gasteiger charge is 2.20. The van der Waals surface area contributed by atoms with Crippen molar-refractivity contribution in [2.24, 2.45) is 7.05 Å². The van der Waals surface area contributed by atoms with Crippen LogP contribution in [0.1, 0.15) is 0 Å². The first kappa shape index (κ1) is 9.27. The number of nitro groups is 1. The molecule has 0 amide bonds. The monoisotopic (exact) mass is 206 g/mol. The van der Waals surface area contributed by atoms with Crippen molar-refractivity contribution in [2.45, 2.75) is 5.03 Å². The Morgan fingerprint density at radius 1 is 1.67 bits per heavy atom. The average molecular weight is 206 g/mol. The molecular weight excluding hydrogens is 200 g/mol. The molecule has 0 N–H and O–H groups in total. The van der Waals surface area contributed by atoms with Crippen LogP contribution in [0.4, 0.5) is 5.00 Å². The Morgan fingerprint density at radius 2 is 2.25 bits per heavy atom. The molecule has 0 aromatic carbocycles. The van der Waals surface area contributed by atoms with E-state index in [4.69, 9.17) is 0 Å². The van der Waals surface area contributed by atoms with E-state index in [-0.39, 0.29) is 9.87 Å². The van der Waals surface area contributed by atoms with E-state index in [9.17, 15) is 14.9 Å². The second-order valence-electron chi connectivity index (χ2n) is 2.00. The standard InChI is InChI=1S/C5H6N2O3S2/c1-6-3(11-2)4(7(9)10)12-5(6)8/h1-2H3. The van der Waals surface area contributed by atoms with Crippen LogP contribution in [0.3, 0.4) is 0 Å². The number of rotatable bonds is 2. The van der Waals surface area contributed by atoms with Crippen LogP contribution in [0.2, 0.25) is 0 Å². The number of thiazole rings is 1. The Hall–Kier alpha value is -0.820. The lowest BCUT2D eigenvalue weighted by molar-refractivity contribution is -0.383. The molecule has 0 saturated heterocycles. The Morgan fingerprint density at radius 3 is 2.58 bits per heavy atom. The van der Waals surface area contributed by atoms with Gasteiger partial charge in [-0.1, -0.05) is 0 Å². The van der Waals surface area contributed by atoms with Gasteiger partial charge < -0.3 is 0 Å². The molecule has 0 radical (unpaired) electrons. The molecule has 0 atom stereocenters. The lowest BCUT2D eigenvalue weighted by atomic mass is 10.8. The molecule has 0 fully saturated rings. The minimum atomic E-state index is -0.530. The number of hydrogen-bond donors (Lipinski definition) is 0. The number of aromatic nitrogens is 1. The van der Waals surface area contributed by atoms with E-state index >= 15 is 0 Å². The summed E-state index contributed by atoms with van der Waals surface area (Å²) >= 11 is 1.86. The quantitative estimate of drug-likeness (QED) is 0.412. The molecule has 12 heavy (non-hydrogen) atoms. The van der Waals surface area contributed by atoms with Gasteiger partial charge in [-0.15, -0.1) is 11.8 Å². The van der Waals surface area contributed by atoms with Gasteiger partial charge in [0.1, 0.15) is 0 Å². The maximum absolute atomic E-state index is 11.0. The summed E-state index contributed by atoms with van der Waals surface area (Å²) in [6, 6.07) is 0. The summed E-state index contributed by atoms with van der Waals surface area (Å²) < 4.78 is 1.29. The van der Waals surface area contributed by atoms with E-state index in [1.165, 1.54) is 23.4 Å². The van der Waals surface area contributed by atoms with Crippen LogP contribution in [-0.4, -0.2) is 15.7 Å². The highest BCUT2D eigenvalue weighted by atomic mass is 32.2.